The van der Waals surface area contributed by atoms with Crippen LogP contribution in [0.1, 0.15) is 10.4 Å². The molecular formula is C20H20N4O3. The minimum Gasteiger partial charge on any atom is -0.495 e. The average Bonchev–Trinajstić information content (AvgIpc) is 2.73. The monoisotopic (exact) mass is 364 g/mol. The number of nitrogens with one attached hydrogen (secondary N) is 1. The fourth-order valence-corrected chi connectivity index (χ4v) is 3.34. The maximum Gasteiger partial charge on any atom is 0.261 e. The van der Waals surface area contributed by atoms with Crippen molar-refractivity contribution >= 4 is 22.5 Å². The number of methoxy groups -OCH3 is 1. The van der Waals surface area contributed by atoms with Gasteiger partial charge in [-0.3, -0.25) is 14.6 Å². The molecule has 1 aromatic carbocycles. The van der Waals surface area contributed by atoms with Gasteiger partial charge in [-0.15, -0.1) is 0 Å². The number of hydrogen-bond acceptors (Lipinski definition) is 5. The molecule has 0 radical (unpaired) electrons. The van der Waals surface area contributed by atoms with Crippen LogP contribution < -0.4 is 15.2 Å². The summed E-state index contributed by atoms with van der Waals surface area (Å²) in [5.41, 5.74) is 1.53. The molecule has 3 aromatic rings. The number of ether oxygens (including phenoxy) is 1. The number of carbonyl (C=O) groups is 1. The highest BCUT2D eigenvalue weighted by molar-refractivity contribution is 5.97. The predicted octanol–water partition coefficient (Wildman–Crippen LogP) is 1.89. The molecule has 1 saturated heterocycles. The zero-order valence-corrected chi connectivity index (χ0v) is 15.0. The molecule has 2 aromatic heterocycles. The average molecular weight is 364 g/mol. The number of aromatic amines is 1. The van der Waals surface area contributed by atoms with Gasteiger partial charge in [0.1, 0.15) is 11.3 Å². The molecule has 7 nitrogen and oxygen atoms in total. The summed E-state index contributed by atoms with van der Waals surface area (Å²) in [4.78, 5) is 36.1. The summed E-state index contributed by atoms with van der Waals surface area (Å²) in [6.45, 7) is 2.43. The van der Waals surface area contributed by atoms with Crippen LogP contribution in [0.4, 0.5) is 5.69 Å². The number of anilines is 1. The van der Waals surface area contributed by atoms with Crippen LogP contribution in [0.5, 0.6) is 5.75 Å². The summed E-state index contributed by atoms with van der Waals surface area (Å²) in [7, 11) is 1.61. The van der Waals surface area contributed by atoms with E-state index in [1.165, 1.54) is 0 Å². The molecular weight excluding hydrogens is 344 g/mol. The molecule has 138 valence electrons. The fourth-order valence-electron chi connectivity index (χ4n) is 3.34. The van der Waals surface area contributed by atoms with Gasteiger partial charge in [-0.2, -0.15) is 0 Å². The number of H-pyrrole nitrogens is 1. The highest BCUT2D eigenvalue weighted by Crippen LogP contribution is 2.21. The minimum atomic E-state index is -0.349. The van der Waals surface area contributed by atoms with Gasteiger partial charge in [0.15, 0.2) is 0 Å². The number of hydrogen-bond donors (Lipinski definition) is 1. The Morgan fingerprint density at radius 1 is 1.11 bits per heavy atom. The molecule has 0 aliphatic carbocycles. The Kier molecular flexibility index (Phi) is 4.50. The highest BCUT2D eigenvalue weighted by atomic mass is 16.5. The van der Waals surface area contributed by atoms with Crippen LogP contribution in [0.15, 0.2) is 53.6 Å². The third-order valence-electron chi connectivity index (χ3n) is 4.85. The second-order valence-corrected chi connectivity index (χ2v) is 6.46. The van der Waals surface area contributed by atoms with Crippen molar-refractivity contribution in [1.82, 2.24) is 14.9 Å². The van der Waals surface area contributed by atoms with Crippen molar-refractivity contribution in [2.24, 2.45) is 0 Å². The standard InChI is InChI=1S/C20H20N4O3/c1-27-16-11-15(12-21-13-16)23-6-8-24(9-7-23)20(26)17-10-14-4-2-3-5-18(14)22-19(17)25/h2-5,10-13H,6-9H2,1H3,(H,22,25). The Balaban J connectivity index is 1.50. The molecule has 0 unspecified atom stereocenters. The van der Waals surface area contributed by atoms with Gasteiger partial charge < -0.3 is 19.5 Å². The number of nitrogens with zero attached hydrogens (tertiary/aromatic N) is 3. The molecule has 4 rings (SSSR count). The Morgan fingerprint density at radius 2 is 1.89 bits per heavy atom. The number of amides is 1. The summed E-state index contributed by atoms with van der Waals surface area (Å²) in [6.07, 6.45) is 3.45. The van der Waals surface area contributed by atoms with Gasteiger partial charge in [-0.05, 0) is 17.5 Å². The molecule has 3 heterocycles. The van der Waals surface area contributed by atoms with Crippen molar-refractivity contribution in [1.29, 1.82) is 0 Å². The van der Waals surface area contributed by atoms with Gasteiger partial charge in [0.2, 0.25) is 0 Å². The van der Waals surface area contributed by atoms with Crippen LogP contribution in [0, 0.1) is 0 Å². The van der Waals surface area contributed by atoms with Crippen molar-refractivity contribution in [3.63, 3.8) is 0 Å². The number of aromatic nitrogens is 2. The Bertz CT molecular complexity index is 1040. The fraction of sp³-hybridized carbons (Fsp3) is 0.250. The largest absolute Gasteiger partial charge is 0.495 e. The van der Waals surface area contributed by atoms with Crippen LogP contribution in [0.25, 0.3) is 10.9 Å². The van der Waals surface area contributed by atoms with Crippen molar-refractivity contribution in [2.75, 3.05) is 38.2 Å². The van der Waals surface area contributed by atoms with Crippen molar-refractivity contribution < 1.29 is 9.53 Å². The predicted molar refractivity (Wildman–Crippen MR) is 103 cm³/mol. The third kappa shape index (κ3) is 3.36. The number of pyridine rings is 2. The summed E-state index contributed by atoms with van der Waals surface area (Å²) >= 11 is 0. The first kappa shape index (κ1) is 17.1. The summed E-state index contributed by atoms with van der Waals surface area (Å²) in [6, 6.07) is 11.1. The lowest BCUT2D eigenvalue weighted by molar-refractivity contribution is 0.0745. The second kappa shape index (κ2) is 7.11. The number of rotatable bonds is 3. The van der Waals surface area contributed by atoms with Crippen LogP contribution >= 0.6 is 0 Å². The summed E-state index contributed by atoms with van der Waals surface area (Å²) in [5, 5.41) is 0.849. The highest BCUT2D eigenvalue weighted by Gasteiger charge is 2.24. The quantitative estimate of drug-likeness (QED) is 0.768. The first-order valence-corrected chi connectivity index (χ1v) is 8.81. The molecule has 27 heavy (non-hydrogen) atoms. The number of fused-ring (bicyclic) bond motifs is 1. The van der Waals surface area contributed by atoms with Gasteiger partial charge >= 0.3 is 0 Å². The van der Waals surface area contributed by atoms with Gasteiger partial charge in [0.05, 0.1) is 25.2 Å². The van der Waals surface area contributed by atoms with E-state index >= 15 is 0 Å². The van der Waals surface area contributed by atoms with E-state index in [4.69, 9.17) is 4.74 Å². The molecule has 0 spiro atoms. The number of para-hydroxylation sites is 1. The first-order valence-electron chi connectivity index (χ1n) is 8.81. The topological polar surface area (TPSA) is 78.5 Å². The molecule has 1 aliphatic rings. The van der Waals surface area contributed by atoms with E-state index < -0.39 is 0 Å². The summed E-state index contributed by atoms with van der Waals surface area (Å²) < 4.78 is 5.22. The lowest BCUT2D eigenvalue weighted by Gasteiger charge is -2.35. The van der Waals surface area contributed by atoms with Gasteiger partial charge in [0.25, 0.3) is 11.5 Å². The number of benzene rings is 1. The zero-order valence-electron chi connectivity index (χ0n) is 15.0. The van der Waals surface area contributed by atoms with Crippen molar-refractivity contribution in [3.8, 4) is 5.75 Å². The Hall–Kier alpha value is -3.35. The van der Waals surface area contributed by atoms with E-state index in [1.54, 1.807) is 30.5 Å². The van der Waals surface area contributed by atoms with Crippen molar-refractivity contribution in [2.45, 2.75) is 0 Å². The Labute approximate surface area is 156 Å². The maximum atomic E-state index is 12.9. The Morgan fingerprint density at radius 3 is 2.67 bits per heavy atom. The zero-order chi connectivity index (χ0) is 18.8. The molecule has 1 N–H and O–H groups in total. The summed E-state index contributed by atoms with van der Waals surface area (Å²) in [5.74, 6) is 0.471. The normalized spacial score (nSPS) is 14.4. The third-order valence-corrected chi connectivity index (χ3v) is 4.85. The minimum absolute atomic E-state index is 0.185. The molecule has 0 atom stereocenters. The molecule has 0 saturated carbocycles. The first-order chi connectivity index (χ1) is 13.2. The lowest BCUT2D eigenvalue weighted by atomic mass is 10.1. The van der Waals surface area contributed by atoms with Crippen molar-refractivity contribution in [3.05, 3.63) is 64.7 Å². The number of piperazine rings is 1. The van der Waals surface area contributed by atoms with Crippen LogP contribution in [-0.2, 0) is 0 Å². The van der Waals surface area contributed by atoms with Gasteiger partial charge in [-0.1, -0.05) is 18.2 Å². The van der Waals surface area contributed by atoms with E-state index in [1.807, 2.05) is 30.3 Å². The van der Waals surface area contributed by atoms with E-state index in [0.717, 1.165) is 16.6 Å². The van der Waals surface area contributed by atoms with Gasteiger partial charge in [-0.25, -0.2) is 0 Å². The van der Waals surface area contributed by atoms with E-state index in [0.29, 0.717) is 31.9 Å². The van der Waals surface area contributed by atoms with Crippen LogP contribution in [-0.4, -0.2) is 54.1 Å². The maximum absolute atomic E-state index is 12.9. The molecule has 0 bridgehead atoms. The molecule has 1 aliphatic heterocycles. The van der Waals surface area contributed by atoms with Crippen LogP contribution in [0.2, 0.25) is 0 Å². The molecule has 1 fully saturated rings. The van der Waals surface area contributed by atoms with E-state index in [-0.39, 0.29) is 17.0 Å². The SMILES string of the molecule is COc1cncc(N2CCN(C(=O)c3cc4ccccc4[nH]c3=O)CC2)c1. The van der Waals surface area contributed by atoms with E-state index in [2.05, 4.69) is 14.9 Å². The number of carbonyl (C=O) groups excluding carboxylic acids is 1. The smallest absolute Gasteiger partial charge is 0.261 e. The van der Waals surface area contributed by atoms with Crippen LogP contribution in [0.3, 0.4) is 0 Å². The molecule has 7 heteroatoms. The second-order valence-electron chi connectivity index (χ2n) is 6.46. The van der Waals surface area contributed by atoms with Gasteiger partial charge in [0, 0.05) is 37.8 Å². The molecule has 1 amide bonds. The van der Waals surface area contributed by atoms with E-state index in [9.17, 15) is 9.59 Å². The lowest BCUT2D eigenvalue weighted by Crippen LogP contribution is -2.49.